The van der Waals surface area contributed by atoms with Crippen LogP contribution in [0.25, 0.3) is 11.0 Å². The first kappa shape index (κ1) is 13.6. The Morgan fingerprint density at radius 3 is 2.95 bits per heavy atom. The lowest BCUT2D eigenvalue weighted by Crippen LogP contribution is -2.32. The second-order valence-electron chi connectivity index (χ2n) is 5.47. The van der Waals surface area contributed by atoms with E-state index in [1.54, 1.807) is 18.1 Å². The van der Waals surface area contributed by atoms with Crippen LogP contribution in [0.4, 0.5) is 5.82 Å². The molecule has 1 fully saturated rings. The highest BCUT2D eigenvalue weighted by molar-refractivity contribution is 8.04. The Morgan fingerprint density at radius 1 is 1.23 bits per heavy atom. The van der Waals surface area contributed by atoms with E-state index in [0.29, 0.717) is 0 Å². The van der Waals surface area contributed by atoms with E-state index in [2.05, 4.69) is 19.9 Å². The van der Waals surface area contributed by atoms with E-state index in [-0.39, 0.29) is 5.91 Å². The van der Waals surface area contributed by atoms with Gasteiger partial charge in [-0.1, -0.05) is 0 Å². The Balaban J connectivity index is 1.66. The van der Waals surface area contributed by atoms with Gasteiger partial charge in [-0.15, -0.1) is 11.8 Å². The van der Waals surface area contributed by atoms with Gasteiger partial charge >= 0.3 is 0 Å². The molecule has 22 heavy (non-hydrogen) atoms. The second kappa shape index (κ2) is 5.64. The minimum Gasteiger partial charge on any atom is -0.346 e. The summed E-state index contributed by atoms with van der Waals surface area (Å²) in [5.74, 6) is 1.91. The van der Waals surface area contributed by atoms with Crippen molar-refractivity contribution >= 4 is 34.5 Å². The van der Waals surface area contributed by atoms with Crippen molar-refractivity contribution in [3.05, 3.63) is 29.7 Å². The number of nitrogens with one attached hydrogen (secondary N) is 1. The number of anilines is 1. The molecule has 2 aliphatic rings. The SMILES string of the molecule is O=C(C1=CN(c2ncnc3[nH]ccc23)CCS1)N1CCCC1. The molecule has 114 valence electrons. The summed E-state index contributed by atoms with van der Waals surface area (Å²) in [5, 5.41) is 0.985. The lowest BCUT2D eigenvalue weighted by molar-refractivity contribution is -0.125. The lowest BCUT2D eigenvalue weighted by atomic mass is 10.3. The van der Waals surface area contributed by atoms with Crippen LogP contribution in [0, 0.1) is 0 Å². The van der Waals surface area contributed by atoms with Gasteiger partial charge in [-0.25, -0.2) is 9.97 Å². The average molecular weight is 315 g/mol. The fourth-order valence-corrected chi connectivity index (χ4v) is 3.91. The standard InChI is InChI=1S/C15H17N5OS/c21-15(19-5-1-2-6-19)12-9-20(7-8-22-12)14-11-3-4-16-13(11)17-10-18-14/h3-4,9-10H,1-2,5-8H2,(H,16,17,18). The van der Waals surface area contributed by atoms with Crippen molar-refractivity contribution < 1.29 is 4.79 Å². The molecule has 1 amide bonds. The topological polar surface area (TPSA) is 65.1 Å². The molecular weight excluding hydrogens is 298 g/mol. The van der Waals surface area contributed by atoms with Crippen molar-refractivity contribution in [2.24, 2.45) is 0 Å². The molecule has 0 radical (unpaired) electrons. The predicted octanol–water partition coefficient (Wildman–Crippen LogP) is 1.97. The van der Waals surface area contributed by atoms with Gasteiger partial charge in [0.2, 0.25) is 0 Å². The number of likely N-dealkylation sites (tertiary alicyclic amines) is 1. The van der Waals surface area contributed by atoms with Gasteiger partial charge in [-0.05, 0) is 18.9 Å². The first-order valence-electron chi connectivity index (χ1n) is 7.51. The summed E-state index contributed by atoms with van der Waals surface area (Å²) in [6.07, 6.45) is 7.60. The maximum absolute atomic E-state index is 12.6. The monoisotopic (exact) mass is 315 g/mol. The number of carbonyl (C=O) groups is 1. The van der Waals surface area contributed by atoms with E-state index >= 15 is 0 Å². The molecule has 4 heterocycles. The number of hydrogen-bond donors (Lipinski definition) is 1. The Labute approximate surface area is 132 Å². The molecule has 2 aliphatic heterocycles. The van der Waals surface area contributed by atoms with Gasteiger partial charge in [0.15, 0.2) is 0 Å². The molecule has 7 heteroatoms. The van der Waals surface area contributed by atoms with Gasteiger partial charge in [-0.2, -0.15) is 0 Å². The average Bonchev–Trinajstić information content (AvgIpc) is 3.25. The summed E-state index contributed by atoms with van der Waals surface area (Å²) in [6.45, 7) is 2.61. The van der Waals surface area contributed by atoms with Crippen LogP contribution in [-0.2, 0) is 4.79 Å². The predicted molar refractivity (Wildman–Crippen MR) is 87.6 cm³/mol. The van der Waals surface area contributed by atoms with Crippen LogP contribution in [0.5, 0.6) is 0 Å². The zero-order valence-corrected chi connectivity index (χ0v) is 13.0. The number of H-pyrrole nitrogens is 1. The summed E-state index contributed by atoms with van der Waals surface area (Å²) in [6, 6.07) is 1.97. The number of nitrogens with zero attached hydrogens (tertiary/aromatic N) is 4. The molecule has 0 unspecified atom stereocenters. The van der Waals surface area contributed by atoms with Gasteiger partial charge in [0.05, 0.1) is 10.3 Å². The van der Waals surface area contributed by atoms with Crippen LogP contribution in [0.1, 0.15) is 12.8 Å². The summed E-state index contributed by atoms with van der Waals surface area (Å²) in [7, 11) is 0. The van der Waals surface area contributed by atoms with Gasteiger partial charge in [0, 0.05) is 37.8 Å². The molecule has 6 nitrogen and oxygen atoms in total. The number of amides is 1. The Bertz CT molecular complexity index is 734. The van der Waals surface area contributed by atoms with E-state index in [0.717, 1.165) is 60.0 Å². The van der Waals surface area contributed by atoms with Crippen molar-refractivity contribution in [3.8, 4) is 0 Å². The largest absolute Gasteiger partial charge is 0.346 e. The number of aromatic amines is 1. The zero-order chi connectivity index (χ0) is 14.9. The van der Waals surface area contributed by atoms with Crippen LogP contribution in [0.2, 0.25) is 0 Å². The molecule has 4 rings (SSSR count). The first-order chi connectivity index (χ1) is 10.8. The highest BCUT2D eigenvalue weighted by Gasteiger charge is 2.25. The first-order valence-corrected chi connectivity index (χ1v) is 8.50. The minimum atomic E-state index is 0.159. The smallest absolute Gasteiger partial charge is 0.261 e. The van der Waals surface area contributed by atoms with Crippen molar-refractivity contribution in [2.75, 3.05) is 30.3 Å². The fourth-order valence-electron chi connectivity index (χ4n) is 2.94. The highest BCUT2D eigenvalue weighted by Crippen LogP contribution is 2.30. The Hall–Kier alpha value is -2.02. The quantitative estimate of drug-likeness (QED) is 0.918. The van der Waals surface area contributed by atoms with E-state index in [9.17, 15) is 4.79 Å². The van der Waals surface area contributed by atoms with Gasteiger partial charge in [-0.3, -0.25) is 4.79 Å². The van der Waals surface area contributed by atoms with E-state index in [1.165, 1.54) is 0 Å². The van der Waals surface area contributed by atoms with E-state index in [1.807, 2.05) is 23.4 Å². The minimum absolute atomic E-state index is 0.159. The number of fused-ring (bicyclic) bond motifs is 1. The van der Waals surface area contributed by atoms with Crippen molar-refractivity contribution in [3.63, 3.8) is 0 Å². The molecule has 0 bridgehead atoms. The number of rotatable bonds is 2. The van der Waals surface area contributed by atoms with Crippen LogP contribution < -0.4 is 4.90 Å². The molecule has 1 N–H and O–H groups in total. The molecule has 2 aromatic rings. The third kappa shape index (κ3) is 2.35. The van der Waals surface area contributed by atoms with Crippen molar-refractivity contribution in [1.29, 1.82) is 0 Å². The van der Waals surface area contributed by atoms with Gasteiger partial charge < -0.3 is 14.8 Å². The zero-order valence-electron chi connectivity index (χ0n) is 12.2. The summed E-state index contributed by atoms with van der Waals surface area (Å²) >= 11 is 1.64. The third-order valence-electron chi connectivity index (χ3n) is 4.07. The lowest BCUT2D eigenvalue weighted by Gasteiger charge is -2.27. The Morgan fingerprint density at radius 2 is 2.09 bits per heavy atom. The van der Waals surface area contributed by atoms with E-state index in [4.69, 9.17) is 0 Å². The van der Waals surface area contributed by atoms with Crippen molar-refractivity contribution in [2.45, 2.75) is 12.8 Å². The van der Waals surface area contributed by atoms with Gasteiger partial charge in [0.25, 0.3) is 5.91 Å². The van der Waals surface area contributed by atoms with Crippen molar-refractivity contribution in [1.82, 2.24) is 19.9 Å². The molecule has 0 saturated carbocycles. The molecular formula is C15H17N5OS. The highest BCUT2D eigenvalue weighted by atomic mass is 32.2. The second-order valence-corrected chi connectivity index (χ2v) is 6.61. The summed E-state index contributed by atoms with van der Waals surface area (Å²) in [4.78, 5) is 29.1. The molecule has 0 spiro atoms. The molecule has 0 aliphatic carbocycles. The van der Waals surface area contributed by atoms with Crippen LogP contribution in [0.15, 0.2) is 29.7 Å². The molecule has 2 aromatic heterocycles. The molecule has 0 aromatic carbocycles. The number of carbonyl (C=O) groups excluding carboxylic acids is 1. The summed E-state index contributed by atoms with van der Waals surface area (Å²) in [5.41, 5.74) is 0.823. The fraction of sp³-hybridized carbons (Fsp3) is 0.400. The third-order valence-corrected chi connectivity index (χ3v) is 5.05. The van der Waals surface area contributed by atoms with Gasteiger partial charge in [0.1, 0.15) is 17.8 Å². The molecule has 1 saturated heterocycles. The number of aromatic nitrogens is 3. The summed E-state index contributed by atoms with van der Waals surface area (Å²) < 4.78 is 0. The van der Waals surface area contributed by atoms with Crippen LogP contribution in [-0.4, -0.2) is 51.1 Å². The molecule has 0 atom stereocenters. The normalized spacial score (nSPS) is 18.8. The maximum Gasteiger partial charge on any atom is 0.261 e. The van der Waals surface area contributed by atoms with E-state index < -0.39 is 0 Å². The number of thioether (sulfide) groups is 1. The Kier molecular flexibility index (Phi) is 3.49. The van der Waals surface area contributed by atoms with Crippen LogP contribution in [0.3, 0.4) is 0 Å². The van der Waals surface area contributed by atoms with Crippen LogP contribution >= 0.6 is 11.8 Å². The maximum atomic E-state index is 12.6. The number of hydrogen-bond acceptors (Lipinski definition) is 5.